The molecule has 14 heteroatoms. The Morgan fingerprint density at radius 1 is 0.689 bits per heavy atom. The minimum Gasteiger partial charge on any atom is -0.459 e. The van der Waals surface area contributed by atoms with Crippen LogP contribution in [0.1, 0.15) is 105 Å². The Balaban J connectivity index is 0.886. The highest BCUT2D eigenvalue weighted by Crippen LogP contribution is 2.59. The van der Waals surface area contributed by atoms with E-state index in [0.29, 0.717) is 51.7 Å². The number of hydrogen-bond donors (Lipinski definition) is 0. The van der Waals surface area contributed by atoms with Crippen molar-refractivity contribution in [3.63, 3.8) is 0 Å². The van der Waals surface area contributed by atoms with E-state index >= 15 is 0 Å². The summed E-state index contributed by atoms with van der Waals surface area (Å²) in [7, 11) is 0. The molecule has 0 amide bonds. The van der Waals surface area contributed by atoms with Crippen molar-refractivity contribution in [1.29, 1.82) is 0 Å². The van der Waals surface area contributed by atoms with E-state index in [1.807, 2.05) is 13.8 Å². The van der Waals surface area contributed by atoms with Crippen LogP contribution in [0.5, 0.6) is 0 Å². The van der Waals surface area contributed by atoms with Gasteiger partial charge in [-0.05, 0) is 75.9 Å². The van der Waals surface area contributed by atoms with Crippen molar-refractivity contribution in [2.24, 2.45) is 11.8 Å². The normalized spacial score (nSPS) is 53.8. The summed E-state index contributed by atoms with van der Waals surface area (Å²) in [6, 6.07) is 0. The third kappa shape index (κ3) is 7.44. The van der Waals surface area contributed by atoms with Crippen molar-refractivity contribution in [3.8, 4) is 0 Å². The molecular weight excluding hydrogens is 789 g/mol. The van der Waals surface area contributed by atoms with Gasteiger partial charge in [0.15, 0.2) is 11.6 Å². The summed E-state index contributed by atoms with van der Waals surface area (Å²) >= 11 is 0. The summed E-state index contributed by atoms with van der Waals surface area (Å²) in [6.07, 6.45) is 3.99. The van der Waals surface area contributed by atoms with E-state index in [4.69, 9.17) is 61.6 Å². The quantitative estimate of drug-likeness (QED) is 0.260. The maximum Gasteiger partial charge on any atom is 0.308 e. The summed E-state index contributed by atoms with van der Waals surface area (Å²) in [5.41, 5.74) is 2.16. The van der Waals surface area contributed by atoms with Gasteiger partial charge >= 0.3 is 5.97 Å². The topological polar surface area (TPSA) is 137 Å². The first-order valence-electron chi connectivity index (χ1n) is 23.4. The smallest absolute Gasteiger partial charge is 0.308 e. The number of ether oxygens (including phenoxy) is 13. The number of carbonyl (C=O) groups excluding carboxylic acids is 1. The second-order valence-electron chi connectivity index (χ2n) is 20.5. The van der Waals surface area contributed by atoms with E-state index in [2.05, 4.69) is 33.6 Å². The molecule has 61 heavy (non-hydrogen) atoms. The van der Waals surface area contributed by atoms with E-state index in [1.165, 1.54) is 0 Å². The fraction of sp³-hybridized carbons (Fsp3) is 0.851. The molecule has 12 aliphatic rings. The summed E-state index contributed by atoms with van der Waals surface area (Å²) in [6.45, 7) is 21.9. The molecular formula is C47H66O14. The third-order valence-corrected chi connectivity index (χ3v) is 15.9. The van der Waals surface area contributed by atoms with Gasteiger partial charge in [0.25, 0.3) is 0 Å². The maximum absolute atomic E-state index is 14.3. The molecule has 12 heterocycles. The predicted molar refractivity (Wildman–Crippen MR) is 215 cm³/mol. The fourth-order valence-electron chi connectivity index (χ4n) is 12.9. The van der Waals surface area contributed by atoms with Crippen molar-refractivity contribution in [1.82, 2.24) is 0 Å². The SMILES string of the molecule is C=CCO[C@]12C[C@]34CC[C@H]5CC(=C)[C@H](CC[C@H]6C[C@@H](C)C(=C)C(C[C@@H]7O[C@H]8C[C@H]9OC(C)(C)OC[C@H]9O[C@H]8[C@H](C)[C@H]7OC(=O)C[C@H]7CC[C@@H]8OC([C@@H](O1)C(O3)[C@H]8O7)[C@@H]2O4)O6)O5. The number of hydrogen-bond acceptors (Lipinski definition) is 14. The maximum atomic E-state index is 14.3. The summed E-state index contributed by atoms with van der Waals surface area (Å²) in [4.78, 5) is 14.3. The number of rotatable bonds is 3. The fourth-order valence-corrected chi connectivity index (χ4v) is 12.9. The zero-order valence-electron chi connectivity index (χ0n) is 36.3. The van der Waals surface area contributed by atoms with Crippen LogP contribution in [0.3, 0.4) is 0 Å². The molecule has 0 saturated carbocycles. The Kier molecular flexibility index (Phi) is 10.8. The average molecular weight is 855 g/mol. The molecule has 3 unspecified atom stereocenters. The van der Waals surface area contributed by atoms with Crippen LogP contribution in [0, 0.1) is 11.8 Å². The standard InChI is InChI=1S/C47H66O14/c1-8-15-49-47-22-46-14-13-29-17-24(3)30(51-29)11-9-27-16-23(2)25(4)32(52-27)19-34-39(26(5)38-35(54-34)20-33-36(56-38)21-50-45(6,7)58-33)57-37(48)18-28-10-12-31-40(53-28)41(59-46)42(60-47)43(55-31)44(47)61-46/h8,23,26-36,38-44H,1,3-4,9-22H2,2,5-7H3/t23-,26+,27+,28-,29+,30+,31+,32?,33-,34+,35+,36-,38+,39-,40+,41?,42+,43?,44+,46-,47-/m1/s1. The molecule has 0 N–H and O–H groups in total. The van der Waals surface area contributed by atoms with E-state index in [9.17, 15) is 4.79 Å². The van der Waals surface area contributed by atoms with Gasteiger partial charge in [-0.1, -0.05) is 33.1 Å². The molecule has 12 fully saturated rings. The lowest BCUT2D eigenvalue weighted by molar-refractivity contribution is -0.356. The first-order chi connectivity index (χ1) is 29.3. The molecule has 21 atom stereocenters. The van der Waals surface area contributed by atoms with Crippen molar-refractivity contribution < 1.29 is 66.4 Å². The minimum atomic E-state index is -1.03. The molecule has 0 aromatic rings. The number of fused-ring (bicyclic) bond motifs is 8. The molecule has 12 saturated heterocycles. The highest BCUT2D eigenvalue weighted by Gasteiger charge is 2.75. The number of esters is 1. The van der Waals surface area contributed by atoms with Crippen molar-refractivity contribution >= 4 is 5.97 Å². The van der Waals surface area contributed by atoms with E-state index in [-0.39, 0.29) is 85.3 Å². The second-order valence-corrected chi connectivity index (χ2v) is 20.5. The van der Waals surface area contributed by atoms with Gasteiger partial charge < -0.3 is 61.6 Å². The van der Waals surface area contributed by atoms with Gasteiger partial charge in [0.05, 0.1) is 87.1 Å². The Labute approximate surface area is 359 Å². The van der Waals surface area contributed by atoms with Gasteiger partial charge in [-0.3, -0.25) is 4.79 Å². The van der Waals surface area contributed by atoms with Gasteiger partial charge in [0.2, 0.25) is 5.79 Å². The van der Waals surface area contributed by atoms with Crippen molar-refractivity contribution in [2.45, 2.75) is 226 Å². The van der Waals surface area contributed by atoms with Crippen molar-refractivity contribution in [2.75, 3.05) is 13.2 Å². The lowest BCUT2D eigenvalue weighted by Crippen LogP contribution is -2.64. The number of carbonyl (C=O) groups is 1. The first-order valence-corrected chi connectivity index (χ1v) is 23.4. The Hall–Kier alpha value is -1.79. The monoisotopic (exact) mass is 854 g/mol. The molecule has 338 valence electrons. The highest BCUT2D eigenvalue weighted by atomic mass is 16.8. The van der Waals surface area contributed by atoms with Gasteiger partial charge in [0.1, 0.15) is 42.7 Å². The van der Waals surface area contributed by atoms with Gasteiger partial charge in [-0.2, -0.15) is 0 Å². The largest absolute Gasteiger partial charge is 0.459 e. The molecule has 0 aromatic carbocycles. The Morgan fingerprint density at radius 2 is 1.46 bits per heavy atom. The zero-order valence-corrected chi connectivity index (χ0v) is 36.3. The van der Waals surface area contributed by atoms with Crippen LogP contribution in [0.15, 0.2) is 37.0 Å². The Morgan fingerprint density at radius 3 is 2.31 bits per heavy atom. The molecule has 12 rings (SSSR count). The first kappa shape index (κ1) is 41.9. The van der Waals surface area contributed by atoms with Crippen LogP contribution in [0.4, 0.5) is 0 Å². The zero-order chi connectivity index (χ0) is 42.0. The van der Waals surface area contributed by atoms with E-state index < -0.39 is 60.1 Å². The van der Waals surface area contributed by atoms with Gasteiger partial charge in [-0.15, -0.1) is 6.58 Å². The van der Waals surface area contributed by atoms with Gasteiger partial charge in [-0.25, -0.2) is 0 Å². The predicted octanol–water partition coefficient (Wildman–Crippen LogP) is 5.53. The van der Waals surface area contributed by atoms with Crippen molar-refractivity contribution in [3.05, 3.63) is 37.0 Å². The second kappa shape index (κ2) is 15.7. The summed E-state index contributed by atoms with van der Waals surface area (Å²) in [5, 5.41) is 0. The van der Waals surface area contributed by atoms with Gasteiger partial charge in [0, 0.05) is 25.2 Å². The van der Waals surface area contributed by atoms with E-state index in [1.54, 1.807) is 6.08 Å². The summed E-state index contributed by atoms with van der Waals surface area (Å²) in [5.74, 6) is -3.00. The van der Waals surface area contributed by atoms with Crippen LogP contribution in [0.2, 0.25) is 0 Å². The lowest BCUT2D eigenvalue weighted by atomic mass is 9.79. The molecule has 0 radical (unpaired) electrons. The molecule has 12 bridgehead atoms. The molecule has 1 spiro atoms. The molecule has 0 aromatic heterocycles. The Bertz CT molecular complexity index is 1740. The molecule has 12 aliphatic heterocycles. The van der Waals surface area contributed by atoms with Crippen LogP contribution >= 0.6 is 0 Å². The molecule has 0 aliphatic carbocycles. The average Bonchev–Trinajstić information content (AvgIpc) is 3.77. The molecule has 14 nitrogen and oxygen atoms in total. The minimum absolute atomic E-state index is 0.00681. The van der Waals surface area contributed by atoms with Crippen LogP contribution in [0.25, 0.3) is 0 Å². The van der Waals surface area contributed by atoms with Crippen LogP contribution < -0.4 is 0 Å². The summed E-state index contributed by atoms with van der Waals surface area (Å²) < 4.78 is 87.3. The van der Waals surface area contributed by atoms with Crippen LogP contribution in [-0.4, -0.2) is 140 Å². The highest BCUT2D eigenvalue weighted by molar-refractivity contribution is 5.70. The lowest BCUT2D eigenvalue weighted by Gasteiger charge is -2.53. The van der Waals surface area contributed by atoms with E-state index in [0.717, 1.165) is 43.3 Å². The third-order valence-electron chi connectivity index (χ3n) is 15.9. The van der Waals surface area contributed by atoms with Crippen LogP contribution in [-0.2, 0) is 66.4 Å².